The molecule has 1 atom stereocenters. The minimum atomic E-state index is -0.00947. The molecule has 0 saturated heterocycles. The van der Waals surface area contributed by atoms with Crippen LogP contribution in [0.1, 0.15) is 28.5 Å². The van der Waals surface area contributed by atoms with Crippen LogP contribution in [0, 0.1) is 6.92 Å². The van der Waals surface area contributed by atoms with Gasteiger partial charge in [-0.25, -0.2) is 0 Å². The number of halogens is 1. The van der Waals surface area contributed by atoms with Gasteiger partial charge in [0.2, 0.25) is 0 Å². The molecular weight excluding hydrogens is 354 g/mol. The van der Waals surface area contributed by atoms with Crippen molar-refractivity contribution in [2.75, 3.05) is 0 Å². The molecule has 0 fully saturated rings. The molecule has 0 radical (unpaired) electrons. The summed E-state index contributed by atoms with van der Waals surface area (Å²) in [4.78, 5) is 3.63. The second-order valence-corrected chi connectivity index (χ2v) is 7.32. The molecule has 2 aromatic heterocycles. The third-order valence-corrected chi connectivity index (χ3v) is 5.44. The van der Waals surface area contributed by atoms with Gasteiger partial charge in [0, 0.05) is 27.0 Å². The summed E-state index contributed by atoms with van der Waals surface area (Å²) in [5, 5.41) is 2.98. The Morgan fingerprint density at radius 1 is 0.889 bits per heavy atom. The average Bonchev–Trinajstić information content (AvgIpc) is 3.24. The van der Waals surface area contributed by atoms with Crippen molar-refractivity contribution in [3.63, 3.8) is 0 Å². The molecule has 0 saturated carbocycles. The van der Waals surface area contributed by atoms with Crippen LogP contribution in [-0.4, -0.2) is 4.98 Å². The molecule has 3 aromatic carbocycles. The second kappa shape index (κ2) is 6.33. The van der Waals surface area contributed by atoms with E-state index < -0.39 is 0 Å². The number of H-pyrrole nitrogens is 1. The van der Waals surface area contributed by atoms with Gasteiger partial charge in [0.25, 0.3) is 0 Å². The van der Waals surface area contributed by atoms with E-state index in [-0.39, 0.29) is 5.92 Å². The standard InChI is InChI=1S/C24H18ClNO/c1-15-19-9-5-6-10-20(19)26-24(15)23(16-7-3-2-4-8-16)22-14-17-13-18(25)11-12-21(17)27-22/h2-14,23,26H,1H3. The largest absolute Gasteiger partial charge is 0.460 e. The van der Waals surface area contributed by atoms with Gasteiger partial charge in [0.05, 0.1) is 5.92 Å². The lowest BCUT2D eigenvalue weighted by molar-refractivity contribution is 0.538. The maximum Gasteiger partial charge on any atom is 0.134 e. The third-order valence-electron chi connectivity index (χ3n) is 5.21. The SMILES string of the molecule is Cc1c(C(c2ccccc2)c2cc3cc(Cl)ccc3o2)[nH]c2ccccc12. The molecule has 1 unspecified atom stereocenters. The zero-order chi connectivity index (χ0) is 18.4. The maximum absolute atomic E-state index is 6.27. The number of benzene rings is 3. The minimum absolute atomic E-state index is 0.00947. The average molecular weight is 372 g/mol. The fourth-order valence-electron chi connectivity index (χ4n) is 3.89. The summed E-state index contributed by atoms with van der Waals surface area (Å²) in [6.45, 7) is 2.17. The summed E-state index contributed by atoms with van der Waals surface area (Å²) in [6, 6.07) is 26.7. The maximum atomic E-state index is 6.27. The van der Waals surface area contributed by atoms with E-state index in [1.807, 2.05) is 24.3 Å². The third kappa shape index (κ3) is 2.73. The van der Waals surface area contributed by atoms with Gasteiger partial charge in [0.1, 0.15) is 11.3 Å². The highest BCUT2D eigenvalue weighted by Gasteiger charge is 2.25. The Bertz CT molecular complexity index is 1250. The number of fused-ring (bicyclic) bond motifs is 2. The number of para-hydroxylation sites is 1. The van der Waals surface area contributed by atoms with Crippen LogP contribution in [-0.2, 0) is 0 Å². The first-order valence-electron chi connectivity index (χ1n) is 9.02. The lowest BCUT2D eigenvalue weighted by Gasteiger charge is -2.15. The highest BCUT2D eigenvalue weighted by Crippen LogP contribution is 2.38. The van der Waals surface area contributed by atoms with Crippen molar-refractivity contribution >= 4 is 33.5 Å². The monoisotopic (exact) mass is 371 g/mol. The Balaban J connectivity index is 1.76. The molecule has 0 amide bonds. The summed E-state index contributed by atoms with van der Waals surface area (Å²) in [5.74, 6) is 0.901. The lowest BCUT2D eigenvalue weighted by Crippen LogP contribution is -2.04. The van der Waals surface area contributed by atoms with Crippen molar-refractivity contribution in [2.45, 2.75) is 12.8 Å². The molecule has 0 aliphatic heterocycles. The summed E-state index contributed by atoms with van der Waals surface area (Å²) < 4.78 is 6.27. The van der Waals surface area contributed by atoms with E-state index in [9.17, 15) is 0 Å². The van der Waals surface area contributed by atoms with Gasteiger partial charge in [-0.1, -0.05) is 60.1 Å². The van der Waals surface area contributed by atoms with Crippen LogP contribution in [0.3, 0.4) is 0 Å². The number of hydrogen-bond acceptors (Lipinski definition) is 1. The van der Waals surface area contributed by atoms with Gasteiger partial charge < -0.3 is 9.40 Å². The normalized spacial score (nSPS) is 12.7. The predicted octanol–water partition coefficient (Wildman–Crippen LogP) is 7.06. The van der Waals surface area contributed by atoms with Crippen LogP contribution in [0.4, 0.5) is 0 Å². The first kappa shape index (κ1) is 16.2. The Labute approximate surface area is 162 Å². The van der Waals surface area contributed by atoms with Crippen LogP contribution >= 0.6 is 11.6 Å². The van der Waals surface area contributed by atoms with Crippen molar-refractivity contribution in [2.24, 2.45) is 0 Å². The first-order valence-corrected chi connectivity index (χ1v) is 9.39. The molecular formula is C24H18ClNO. The zero-order valence-electron chi connectivity index (χ0n) is 14.9. The van der Waals surface area contributed by atoms with Crippen LogP contribution in [0.5, 0.6) is 0 Å². The van der Waals surface area contributed by atoms with Crippen LogP contribution in [0.25, 0.3) is 21.9 Å². The Morgan fingerprint density at radius 2 is 1.67 bits per heavy atom. The van der Waals surface area contributed by atoms with Gasteiger partial charge in [-0.3, -0.25) is 0 Å². The molecule has 0 aliphatic rings. The number of rotatable bonds is 3. The molecule has 0 aliphatic carbocycles. The quantitative estimate of drug-likeness (QED) is 0.361. The van der Waals surface area contributed by atoms with Crippen LogP contribution in [0.2, 0.25) is 5.02 Å². The van der Waals surface area contributed by atoms with Crippen LogP contribution < -0.4 is 0 Å². The summed E-state index contributed by atoms with van der Waals surface area (Å²) in [6.07, 6.45) is 0. The van der Waals surface area contributed by atoms with E-state index in [0.717, 1.165) is 27.9 Å². The van der Waals surface area contributed by atoms with E-state index in [1.54, 1.807) is 0 Å². The van der Waals surface area contributed by atoms with Crippen molar-refractivity contribution in [3.8, 4) is 0 Å². The zero-order valence-corrected chi connectivity index (χ0v) is 15.6. The van der Waals surface area contributed by atoms with Gasteiger partial charge >= 0.3 is 0 Å². The van der Waals surface area contributed by atoms with Gasteiger partial charge in [-0.2, -0.15) is 0 Å². The molecule has 5 aromatic rings. The van der Waals surface area contributed by atoms with E-state index in [2.05, 4.69) is 66.5 Å². The van der Waals surface area contributed by atoms with Gasteiger partial charge in [-0.15, -0.1) is 0 Å². The van der Waals surface area contributed by atoms with E-state index in [1.165, 1.54) is 16.5 Å². The number of aromatic nitrogens is 1. The summed E-state index contributed by atoms with van der Waals surface area (Å²) >= 11 is 6.17. The van der Waals surface area contributed by atoms with Crippen molar-refractivity contribution in [3.05, 3.63) is 106 Å². The fourth-order valence-corrected chi connectivity index (χ4v) is 4.07. The summed E-state index contributed by atoms with van der Waals surface area (Å²) in [5.41, 5.74) is 5.59. The number of aryl methyl sites for hydroxylation is 1. The molecule has 5 rings (SSSR count). The van der Waals surface area contributed by atoms with Gasteiger partial charge in [-0.05, 0) is 48.4 Å². The smallest absolute Gasteiger partial charge is 0.134 e. The Morgan fingerprint density at radius 3 is 2.48 bits per heavy atom. The Kier molecular flexibility index (Phi) is 3.80. The summed E-state index contributed by atoms with van der Waals surface area (Å²) in [7, 11) is 0. The fraction of sp³-hybridized carbons (Fsp3) is 0.0833. The van der Waals surface area contributed by atoms with Crippen molar-refractivity contribution < 1.29 is 4.42 Å². The van der Waals surface area contributed by atoms with E-state index in [0.29, 0.717) is 5.02 Å². The lowest BCUT2D eigenvalue weighted by atomic mass is 9.91. The predicted molar refractivity (Wildman–Crippen MR) is 112 cm³/mol. The Hall–Kier alpha value is -2.97. The van der Waals surface area contributed by atoms with E-state index in [4.69, 9.17) is 16.0 Å². The van der Waals surface area contributed by atoms with Gasteiger partial charge in [0.15, 0.2) is 0 Å². The molecule has 1 N–H and O–H groups in total. The molecule has 2 heterocycles. The van der Waals surface area contributed by atoms with Crippen molar-refractivity contribution in [1.29, 1.82) is 0 Å². The molecule has 0 spiro atoms. The number of furan rings is 1. The van der Waals surface area contributed by atoms with E-state index >= 15 is 0 Å². The highest BCUT2D eigenvalue weighted by atomic mass is 35.5. The van der Waals surface area contributed by atoms with Crippen molar-refractivity contribution in [1.82, 2.24) is 4.98 Å². The first-order chi connectivity index (χ1) is 13.2. The molecule has 132 valence electrons. The number of hydrogen-bond donors (Lipinski definition) is 1. The molecule has 2 nitrogen and oxygen atoms in total. The second-order valence-electron chi connectivity index (χ2n) is 6.88. The highest BCUT2D eigenvalue weighted by molar-refractivity contribution is 6.31. The molecule has 0 bridgehead atoms. The number of aromatic amines is 1. The van der Waals surface area contributed by atoms with Crippen LogP contribution in [0.15, 0.2) is 83.3 Å². The minimum Gasteiger partial charge on any atom is -0.460 e. The molecule has 27 heavy (non-hydrogen) atoms. The number of nitrogens with one attached hydrogen (secondary N) is 1. The molecule has 3 heteroatoms. The topological polar surface area (TPSA) is 28.9 Å².